The summed E-state index contributed by atoms with van der Waals surface area (Å²) in [5.74, 6) is 2.90. The van der Waals surface area contributed by atoms with Crippen LogP contribution >= 0.6 is 0 Å². The van der Waals surface area contributed by atoms with E-state index in [0.29, 0.717) is 17.7 Å². The van der Waals surface area contributed by atoms with E-state index in [1.807, 2.05) is 52.9 Å². The topological polar surface area (TPSA) is 105 Å². The van der Waals surface area contributed by atoms with Gasteiger partial charge in [0.1, 0.15) is 6.33 Å². The van der Waals surface area contributed by atoms with E-state index >= 15 is 0 Å². The largest absolute Gasteiger partial charge is 0.250 e. The molecule has 34 heavy (non-hydrogen) atoms. The number of fused-ring (bicyclic) bond motifs is 3. The molecule has 0 amide bonds. The van der Waals surface area contributed by atoms with Crippen LogP contribution in [0.3, 0.4) is 0 Å². The standard InChI is InChI=1S/C24H24N10/c1-32-20-18(12-26-32)21-27-22(30-33(21)14-25-20)23-8-15-7-16(9-23)11-24(10-15,13-23)34-29-19(28-31-34)17-5-3-2-4-6-17/h2-6,12,14-16H,7-11,13H2,1H3/t15-,16-,23?,24?/m0/s1. The molecule has 4 aromatic heterocycles. The van der Waals surface area contributed by atoms with Crippen molar-refractivity contribution in [2.75, 3.05) is 0 Å². The van der Waals surface area contributed by atoms with E-state index in [9.17, 15) is 0 Å². The van der Waals surface area contributed by atoms with Crippen molar-refractivity contribution in [1.29, 1.82) is 0 Å². The van der Waals surface area contributed by atoms with Crippen LogP contribution < -0.4 is 0 Å². The van der Waals surface area contributed by atoms with Crippen molar-refractivity contribution < 1.29 is 0 Å². The van der Waals surface area contributed by atoms with Gasteiger partial charge in [0.2, 0.25) is 5.82 Å². The summed E-state index contributed by atoms with van der Waals surface area (Å²) >= 11 is 0. The highest BCUT2D eigenvalue weighted by Crippen LogP contribution is 2.64. The van der Waals surface area contributed by atoms with Gasteiger partial charge in [-0.15, -0.1) is 15.3 Å². The minimum Gasteiger partial charge on any atom is -0.250 e. The average Bonchev–Trinajstić information content (AvgIpc) is 3.57. The molecule has 1 aromatic carbocycles. The molecule has 0 spiro atoms. The Bertz CT molecular complexity index is 1550. The molecule has 0 saturated heterocycles. The molecule has 4 aliphatic carbocycles. The van der Waals surface area contributed by atoms with Crippen LogP contribution in [-0.2, 0) is 18.0 Å². The first kappa shape index (κ1) is 18.7. The van der Waals surface area contributed by atoms with Gasteiger partial charge in [-0.25, -0.2) is 14.5 Å². The summed E-state index contributed by atoms with van der Waals surface area (Å²) in [6, 6.07) is 10.1. The molecule has 4 fully saturated rings. The second-order valence-corrected chi connectivity index (χ2v) is 10.7. The van der Waals surface area contributed by atoms with E-state index in [2.05, 4.69) is 20.4 Å². The molecule has 4 bridgehead atoms. The van der Waals surface area contributed by atoms with Gasteiger partial charge in [0.15, 0.2) is 17.1 Å². The van der Waals surface area contributed by atoms with Crippen LogP contribution in [0.2, 0.25) is 0 Å². The first-order valence-electron chi connectivity index (χ1n) is 12.0. The van der Waals surface area contributed by atoms with Crippen molar-refractivity contribution >= 4 is 16.7 Å². The number of hydrogen-bond acceptors (Lipinski definition) is 7. The molecule has 0 N–H and O–H groups in total. The van der Waals surface area contributed by atoms with Crippen molar-refractivity contribution in [2.24, 2.45) is 18.9 Å². The lowest BCUT2D eigenvalue weighted by molar-refractivity contribution is -0.0784. The monoisotopic (exact) mass is 452 g/mol. The minimum absolute atomic E-state index is 0.0643. The predicted molar refractivity (Wildman–Crippen MR) is 123 cm³/mol. The van der Waals surface area contributed by atoms with Gasteiger partial charge in [-0.3, -0.25) is 4.68 Å². The second kappa shape index (κ2) is 6.25. The fourth-order valence-corrected chi connectivity index (χ4v) is 7.49. The number of tetrazole rings is 1. The normalized spacial score (nSPS) is 30.0. The number of hydrogen-bond donors (Lipinski definition) is 0. The smallest absolute Gasteiger partial charge is 0.204 e. The Morgan fingerprint density at radius 1 is 0.971 bits per heavy atom. The van der Waals surface area contributed by atoms with Gasteiger partial charge >= 0.3 is 0 Å². The first-order valence-corrected chi connectivity index (χ1v) is 12.0. The first-order chi connectivity index (χ1) is 16.6. The molecule has 4 heterocycles. The Morgan fingerprint density at radius 3 is 2.62 bits per heavy atom. The minimum atomic E-state index is -0.122. The van der Waals surface area contributed by atoms with Crippen LogP contribution in [0.4, 0.5) is 0 Å². The summed E-state index contributed by atoms with van der Waals surface area (Å²) in [5.41, 5.74) is 2.48. The molecule has 0 radical (unpaired) electrons. The maximum absolute atomic E-state index is 5.11. The van der Waals surface area contributed by atoms with Crippen molar-refractivity contribution in [2.45, 2.75) is 49.5 Å². The predicted octanol–water partition coefficient (Wildman–Crippen LogP) is 2.91. The highest BCUT2D eigenvalue weighted by atomic mass is 15.6. The summed E-state index contributed by atoms with van der Waals surface area (Å²) in [5, 5.41) is 24.2. The Morgan fingerprint density at radius 2 is 1.79 bits per heavy atom. The summed E-state index contributed by atoms with van der Waals surface area (Å²) in [7, 11) is 1.90. The zero-order chi connectivity index (χ0) is 22.5. The summed E-state index contributed by atoms with van der Waals surface area (Å²) in [6.45, 7) is 0. The lowest BCUT2D eigenvalue weighted by atomic mass is 9.46. The van der Waals surface area contributed by atoms with Gasteiger partial charge < -0.3 is 0 Å². The fourth-order valence-electron chi connectivity index (χ4n) is 7.49. The number of aromatic nitrogens is 10. The average molecular weight is 453 g/mol. The van der Waals surface area contributed by atoms with Gasteiger partial charge in [0.05, 0.1) is 17.1 Å². The third-order valence-corrected chi connectivity index (χ3v) is 8.44. The number of aryl methyl sites for hydroxylation is 1. The van der Waals surface area contributed by atoms with Crippen molar-refractivity contribution in [3.63, 3.8) is 0 Å². The Kier molecular flexibility index (Phi) is 3.44. The van der Waals surface area contributed by atoms with Crippen LogP contribution in [0, 0.1) is 11.8 Å². The van der Waals surface area contributed by atoms with Gasteiger partial charge in [0, 0.05) is 18.0 Å². The van der Waals surface area contributed by atoms with Crippen LogP contribution in [-0.4, -0.2) is 49.6 Å². The maximum Gasteiger partial charge on any atom is 0.204 e. The van der Waals surface area contributed by atoms with Gasteiger partial charge in [-0.05, 0) is 55.6 Å². The number of nitrogens with zero attached hydrogens (tertiary/aromatic N) is 10. The lowest BCUT2D eigenvalue weighted by Crippen LogP contribution is -2.59. The highest BCUT2D eigenvalue weighted by Gasteiger charge is 2.61. The SMILES string of the molecule is Cn1ncc2c1ncn1nc(C34C[C@@H]5C[C@@H](C3)CC(n3nnc(-c6ccccc6)n3)(C5)C4)nc21. The molecule has 4 aliphatic rings. The molecule has 10 nitrogen and oxygen atoms in total. The zero-order valence-electron chi connectivity index (χ0n) is 18.9. The lowest BCUT2D eigenvalue weighted by Gasteiger charge is -2.60. The van der Waals surface area contributed by atoms with Gasteiger partial charge in [0.25, 0.3) is 0 Å². The molecule has 0 unspecified atom stereocenters. The third kappa shape index (κ3) is 2.43. The van der Waals surface area contributed by atoms with Crippen LogP contribution in [0.15, 0.2) is 42.9 Å². The fraction of sp³-hybridized carbons (Fsp3) is 0.458. The molecular formula is C24H24N10. The molecule has 170 valence electrons. The summed E-state index contributed by atoms with van der Waals surface area (Å²) in [4.78, 5) is 11.6. The molecule has 0 aliphatic heterocycles. The second-order valence-electron chi connectivity index (χ2n) is 10.7. The highest BCUT2D eigenvalue weighted by molar-refractivity contribution is 5.88. The van der Waals surface area contributed by atoms with Crippen molar-refractivity contribution in [3.8, 4) is 11.4 Å². The number of rotatable bonds is 3. The Hall–Kier alpha value is -3.69. The Labute approximate surface area is 195 Å². The van der Waals surface area contributed by atoms with Gasteiger partial charge in [-0.2, -0.15) is 9.90 Å². The molecule has 9 rings (SSSR count). The molecule has 5 aromatic rings. The molecule has 4 saturated carbocycles. The molecule has 2 atom stereocenters. The maximum atomic E-state index is 5.11. The van der Waals surface area contributed by atoms with Crippen molar-refractivity contribution in [1.82, 2.24) is 49.6 Å². The quantitative estimate of drug-likeness (QED) is 0.414. The van der Waals surface area contributed by atoms with Crippen molar-refractivity contribution in [3.05, 3.63) is 48.7 Å². The van der Waals surface area contributed by atoms with Crippen LogP contribution in [0.25, 0.3) is 28.1 Å². The van der Waals surface area contributed by atoms with Gasteiger partial charge in [-0.1, -0.05) is 30.3 Å². The Balaban J connectivity index is 1.24. The zero-order valence-corrected chi connectivity index (χ0v) is 18.9. The van der Waals surface area contributed by atoms with E-state index < -0.39 is 0 Å². The summed E-state index contributed by atoms with van der Waals surface area (Å²) < 4.78 is 3.61. The summed E-state index contributed by atoms with van der Waals surface area (Å²) in [6.07, 6.45) is 10.3. The molecule has 10 heteroatoms. The van der Waals surface area contributed by atoms with E-state index in [4.69, 9.17) is 15.2 Å². The third-order valence-electron chi connectivity index (χ3n) is 8.44. The number of benzene rings is 1. The van der Waals surface area contributed by atoms with E-state index in [0.717, 1.165) is 60.2 Å². The van der Waals surface area contributed by atoms with Crippen LogP contribution in [0.5, 0.6) is 0 Å². The van der Waals surface area contributed by atoms with Crippen LogP contribution in [0.1, 0.15) is 44.3 Å². The van der Waals surface area contributed by atoms with E-state index in [1.165, 1.54) is 6.42 Å². The van der Waals surface area contributed by atoms with E-state index in [1.54, 1.807) is 11.0 Å². The molecular weight excluding hydrogens is 428 g/mol. The van der Waals surface area contributed by atoms with E-state index in [-0.39, 0.29) is 11.0 Å².